The number of rotatable bonds is 9. The van der Waals surface area contributed by atoms with Crippen LogP contribution in [0.25, 0.3) is 6.08 Å². The lowest BCUT2D eigenvalue weighted by Gasteiger charge is -2.17. The summed E-state index contributed by atoms with van der Waals surface area (Å²) in [6.07, 6.45) is 5.82. The Morgan fingerprint density at radius 2 is 2.08 bits per heavy atom. The zero-order valence-electron chi connectivity index (χ0n) is 14.0. The minimum Gasteiger partial charge on any atom is -0.466 e. The first-order valence-corrected chi connectivity index (χ1v) is 7.78. The number of hydrogen-bond acceptors (Lipinski definition) is 7. The van der Waals surface area contributed by atoms with Crippen LogP contribution in [0.4, 0.5) is 5.82 Å². The van der Waals surface area contributed by atoms with Gasteiger partial charge < -0.3 is 19.9 Å². The van der Waals surface area contributed by atoms with Crippen molar-refractivity contribution in [1.82, 2.24) is 9.97 Å². The second-order valence-corrected chi connectivity index (χ2v) is 5.21. The fourth-order valence-electron chi connectivity index (χ4n) is 1.96. The highest BCUT2D eigenvalue weighted by Gasteiger charge is 2.08. The molecule has 7 nitrogen and oxygen atoms in total. The number of anilines is 1. The van der Waals surface area contributed by atoms with Gasteiger partial charge in [0.1, 0.15) is 5.82 Å². The lowest BCUT2D eigenvalue weighted by atomic mass is 10.2. The number of aliphatic hydroxyl groups is 1. The number of hydrogen-bond donors (Lipinski definition) is 2. The van der Waals surface area contributed by atoms with Crippen LogP contribution >= 0.6 is 0 Å². The van der Waals surface area contributed by atoms with E-state index >= 15 is 0 Å². The quantitative estimate of drug-likeness (QED) is 0.528. The summed E-state index contributed by atoms with van der Waals surface area (Å²) in [6.45, 7) is 0.708. The van der Waals surface area contributed by atoms with Crippen LogP contribution in [-0.4, -0.2) is 47.4 Å². The predicted molar refractivity (Wildman–Crippen MR) is 93.7 cm³/mol. The molecule has 0 saturated carbocycles. The molecule has 2 rings (SSSR count). The molecule has 1 atom stereocenters. The third-order valence-electron chi connectivity index (χ3n) is 3.27. The maximum absolute atomic E-state index is 11.0. The van der Waals surface area contributed by atoms with Crippen molar-refractivity contribution in [3.63, 3.8) is 0 Å². The number of aromatic nitrogens is 2. The third kappa shape index (κ3) is 6.70. The van der Waals surface area contributed by atoms with Crippen molar-refractivity contribution in [3.05, 3.63) is 60.1 Å². The third-order valence-corrected chi connectivity index (χ3v) is 3.27. The van der Waals surface area contributed by atoms with Gasteiger partial charge in [0.2, 0.25) is 0 Å². The minimum atomic E-state index is -0.458. The number of benzene rings is 1. The Morgan fingerprint density at radius 1 is 1.28 bits per heavy atom. The van der Waals surface area contributed by atoms with Crippen LogP contribution in [-0.2, 0) is 20.9 Å². The van der Waals surface area contributed by atoms with Crippen molar-refractivity contribution in [3.8, 4) is 0 Å². The van der Waals surface area contributed by atoms with Gasteiger partial charge in [-0.1, -0.05) is 30.3 Å². The molecular formula is C18H21N3O4. The number of ether oxygens (including phenoxy) is 2. The van der Waals surface area contributed by atoms with Crippen LogP contribution in [0.1, 0.15) is 11.3 Å². The Morgan fingerprint density at radius 3 is 2.72 bits per heavy atom. The highest BCUT2D eigenvalue weighted by atomic mass is 16.5. The van der Waals surface area contributed by atoms with E-state index in [1.165, 1.54) is 31.7 Å². The van der Waals surface area contributed by atoms with E-state index in [9.17, 15) is 9.90 Å². The monoisotopic (exact) mass is 343 g/mol. The van der Waals surface area contributed by atoms with Crippen molar-refractivity contribution < 1.29 is 19.4 Å². The van der Waals surface area contributed by atoms with Crippen molar-refractivity contribution in [1.29, 1.82) is 0 Å². The zero-order valence-corrected chi connectivity index (χ0v) is 14.0. The number of methoxy groups -OCH3 is 1. The number of esters is 1. The molecule has 0 bridgehead atoms. The Bertz CT molecular complexity index is 674. The number of nitrogens with one attached hydrogen (secondary N) is 1. The molecule has 0 unspecified atom stereocenters. The number of carbonyl (C=O) groups is 1. The van der Waals surface area contributed by atoms with Crippen LogP contribution in [0.5, 0.6) is 0 Å². The average Bonchev–Trinajstić information content (AvgIpc) is 2.67. The summed E-state index contributed by atoms with van der Waals surface area (Å²) in [7, 11) is 1.31. The van der Waals surface area contributed by atoms with E-state index in [0.29, 0.717) is 24.7 Å². The summed E-state index contributed by atoms with van der Waals surface area (Å²) in [5.41, 5.74) is 1.59. The molecule has 0 fully saturated rings. The van der Waals surface area contributed by atoms with Crippen molar-refractivity contribution >= 4 is 17.9 Å². The van der Waals surface area contributed by atoms with E-state index in [4.69, 9.17) is 4.74 Å². The van der Waals surface area contributed by atoms with E-state index in [2.05, 4.69) is 20.0 Å². The second kappa shape index (κ2) is 10.2. The topological polar surface area (TPSA) is 93.6 Å². The molecule has 1 aromatic heterocycles. The first-order chi connectivity index (χ1) is 12.2. The summed E-state index contributed by atoms with van der Waals surface area (Å²) in [5, 5.41) is 12.5. The molecule has 0 saturated heterocycles. The van der Waals surface area contributed by atoms with Gasteiger partial charge in [0, 0.05) is 6.08 Å². The first kappa shape index (κ1) is 18.6. The molecule has 0 spiro atoms. The normalized spacial score (nSPS) is 12.1. The number of carbonyl (C=O) groups excluding carboxylic acids is 1. The fourth-order valence-corrected chi connectivity index (χ4v) is 1.96. The predicted octanol–water partition coefficient (Wildman–Crippen LogP) is 1.65. The summed E-state index contributed by atoms with van der Waals surface area (Å²) in [6, 6.07) is 9.51. The van der Waals surface area contributed by atoms with Crippen molar-refractivity contribution in [2.24, 2.45) is 0 Å². The Balaban J connectivity index is 1.82. The summed E-state index contributed by atoms with van der Waals surface area (Å²) >= 11 is 0. The molecule has 132 valence electrons. The molecule has 0 amide bonds. The highest BCUT2D eigenvalue weighted by Crippen LogP contribution is 2.06. The summed E-state index contributed by atoms with van der Waals surface area (Å²) in [5.74, 6) is 0.0532. The Labute approximate surface area is 146 Å². The molecule has 0 aliphatic carbocycles. The van der Waals surface area contributed by atoms with Gasteiger partial charge in [0.15, 0.2) is 0 Å². The molecular weight excluding hydrogens is 322 g/mol. The van der Waals surface area contributed by atoms with Gasteiger partial charge >= 0.3 is 5.97 Å². The molecule has 7 heteroatoms. The number of nitrogens with zero attached hydrogens (tertiary/aromatic N) is 2. The molecule has 0 aliphatic heterocycles. The molecule has 0 aliphatic rings. The zero-order chi connectivity index (χ0) is 17.9. The van der Waals surface area contributed by atoms with Gasteiger partial charge in [-0.15, -0.1) is 0 Å². The van der Waals surface area contributed by atoms with Gasteiger partial charge in [-0.2, -0.15) is 0 Å². The van der Waals surface area contributed by atoms with Crippen LogP contribution in [0.15, 0.2) is 48.8 Å². The van der Waals surface area contributed by atoms with Gasteiger partial charge in [-0.3, -0.25) is 4.98 Å². The van der Waals surface area contributed by atoms with E-state index in [1.807, 2.05) is 30.3 Å². The molecule has 0 radical (unpaired) electrons. The summed E-state index contributed by atoms with van der Waals surface area (Å²) in [4.78, 5) is 19.4. The SMILES string of the molecule is COC(=O)C=Cc1cnc(N[C@H](CO)COCc2ccccc2)cn1. The van der Waals surface area contributed by atoms with Crippen LogP contribution < -0.4 is 5.32 Å². The van der Waals surface area contributed by atoms with Crippen molar-refractivity contribution in [2.75, 3.05) is 25.6 Å². The van der Waals surface area contributed by atoms with Crippen LogP contribution in [0.3, 0.4) is 0 Å². The van der Waals surface area contributed by atoms with E-state index in [-0.39, 0.29) is 12.6 Å². The van der Waals surface area contributed by atoms with Crippen LogP contribution in [0, 0.1) is 0 Å². The second-order valence-electron chi connectivity index (χ2n) is 5.21. The van der Waals surface area contributed by atoms with E-state index in [1.54, 1.807) is 0 Å². The molecule has 25 heavy (non-hydrogen) atoms. The summed E-state index contributed by atoms with van der Waals surface area (Å²) < 4.78 is 10.1. The maximum Gasteiger partial charge on any atom is 0.330 e. The van der Waals surface area contributed by atoms with Gasteiger partial charge in [0.25, 0.3) is 0 Å². The average molecular weight is 343 g/mol. The largest absolute Gasteiger partial charge is 0.466 e. The standard InChI is InChI=1S/C18H21N3O4/c1-24-18(23)8-7-15-9-20-17(10-19-15)21-16(11-22)13-25-12-14-5-3-2-4-6-14/h2-10,16,22H,11-13H2,1H3,(H,20,21)/t16-/m1/s1. The lowest BCUT2D eigenvalue weighted by Crippen LogP contribution is -2.29. The van der Waals surface area contributed by atoms with Gasteiger partial charge in [-0.25, -0.2) is 9.78 Å². The van der Waals surface area contributed by atoms with Gasteiger partial charge in [0.05, 0.1) is 51.1 Å². The fraction of sp³-hybridized carbons (Fsp3) is 0.278. The molecule has 1 aromatic carbocycles. The Kier molecular flexibility index (Phi) is 7.55. The first-order valence-electron chi connectivity index (χ1n) is 7.78. The number of aliphatic hydroxyl groups excluding tert-OH is 1. The minimum absolute atomic E-state index is 0.0968. The maximum atomic E-state index is 11.0. The molecule has 2 N–H and O–H groups in total. The van der Waals surface area contributed by atoms with Gasteiger partial charge in [-0.05, 0) is 11.6 Å². The highest BCUT2D eigenvalue weighted by molar-refractivity contribution is 5.86. The van der Waals surface area contributed by atoms with E-state index < -0.39 is 5.97 Å². The van der Waals surface area contributed by atoms with Crippen LogP contribution in [0.2, 0.25) is 0 Å². The lowest BCUT2D eigenvalue weighted by molar-refractivity contribution is -0.134. The molecule has 1 heterocycles. The Hall–Kier alpha value is -2.77. The smallest absolute Gasteiger partial charge is 0.330 e. The van der Waals surface area contributed by atoms with Crippen molar-refractivity contribution in [2.45, 2.75) is 12.6 Å². The van der Waals surface area contributed by atoms with E-state index in [0.717, 1.165) is 5.56 Å². The molecule has 2 aromatic rings.